The van der Waals surface area contributed by atoms with Crippen LogP contribution in [0.3, 0.4) is 0 Å². The maximum Gasteiger partial charge on any atom is 0.196 e. The second kappa shape index (κ2) is 11.8. The molecule has 0 bridgehead atoms. The molecule has 0 spiro atoms. The number of nitrogens with zero attached hydrogens (tertiary/aromatic N) is 4. The van der Waals surface area contributed by atoms with Gasteiger partial charge in [0.25, 0.3) is 0 Å². The van der Waals surface area contributed by atoms with Gasteiger partial charge in [0.2, 0.25) is 0 Å². The SMILES string of the molecule is COc1ccc(Cc2nnc(SCc3nc4ccccc4s3)n2-c2ccc(Oc3ccccc3)cc2)cc1OC. The average molecular weight is 567 g/mol. The van der Waals surface area contributed by atoms with Crippen molar-refractivity contribution in [3.05, 3.63) is 113 Å². The van der Waals surface area contributed by atoms with Crippen molar-refractivity contribution in [1.29, 1.82) is 0 Å². The molecular formula is C31H26N4O3S2. The van der Waals surface area contributed by atoms with Crippen molar-refractivity contribution >= 4 is 33.3 Å². The number of hydrogen-bond acceptors (Lipinski definition) is 8. The molecule has 0 atom stereocenters. The Kier molecular flexibility index (Phi) is 7.65. The summed E-state index contributed by atoms with van der Waals surface area (Å²) in [6.45, 7) is 0. The van der Waals surface area contributed by atoms with Crippen LogP contribution in [0.1, 0.15) is 16.4 Å². The molecule has 7 nitrogen and oxygen atoms in total. The van der Waals surface area contributed by atoms with Crippen molar-refractivity contribution in [2.75, 3.05) is 14.2 Å². The highest BCUT2D eigenvalue weighted by Crippen LogP contribution is 2.32. The van der Waals surface area contributed by atoms with Crippen LogP contribution in [-0.4, -0.2) is 34.0 Å². The van der Waals surface area contributed by atoms with Gasteiger partial charge in [-0.15, -0.1) is 21.5 Å². The van der Waals surface area contributed by atoms with Crippen LogP contribution in [0.2, 0.25) is 0 Å². The molecule has 200 valence electrons. The van der Waals surface area contributed by atoms with Crippen LogP contribution in [0, 0.1) is 0 Å². The van der Waals surface area contributed by atoms with Gasteiger partial charge in [-0.25, -0.2) is 4.98 Å². The lowest BCUT2D eigenvalue weighted by atomic mass is 10.1. The highest BCUT2D eigenvalue weighted by atomic mass is 32.2. The lowest BCUT2D eigenvalue weighted by Crippen LogP contribution is -2.04. The number of aromatic nitrogens is 4. The zero-order valence-electron chi connectivity index (χ0n) is 22.0. The van der Waals surface area contributed by atoms with E-state index in [1.807, 2.05) is 91.0 Å². The Bertz CT molecular complexity index is 1700. The molecule has 0 aliphatic heterocycles. The first-order chi connectivity index (χ1) is 19.7. The Hall–Kier alpha value is -4.34. The Morgan fingerprint density at radius 1 is 0.775 bits per heavy atom. The summed E-state index contributed by atoms with van der Waals surface area (Å²) in [6, 6.07) is 31.8. The van der Waals surface area contributed by atoms with Gasteiger partial charge in [0.15, 0.2) is 16.7 Å². The molecule has 2 heterocycles. The second-order valence-electron chi connectivity index (χ2n) is 8.87. The van der Waals surface area contributed by atoms with Gasteiger partial charge >= 0.3 is 0 Å². The van der Waals surface area contributed by atoms with E-state index in [-0.39, 0.29) is 0 Å². The number of ether oxygens (including phenoxy) is 3. The molecule has 0 radical (unpaired) electrons. The number of hydrogen-bond donors (Lipinski definition) is 0. The summed E-state index contributed by atoms with van der Waals surface area (Å²) in [5, 5.41) is 11.0. The minimum atomic E-state index is 0.567. The number of benzene rings is 4. The fourth-order valence-electron chi connectivity index (χ4n) is 4.34. The van der Waals surface area contributed by atoms with Crippen molar-refractivity contribution in [2.45, 2.75) is 17.3 Å². The first-order valence-corrected chi connectivity index (χ1v) is 14.5. The molecule has 6 aromatic rings. The first-order valence-electron chi connectivity index (χ1n) is 12.7. The molecule has 0 unspecified atom stereocenters. The molecule has 0 amide bonds. The normalized spacial score (nSPS) is 11.1. The minimum absolute atomic E-state index is 0.567. The van der Waals surface area contributed by atoms with Crippen LogP contribution in [0.4, 0.5) is 0 Å². The number of fused-ring (bicyclic) bond motifs is 1. The summed E-state index contributed by atoms with van der Waals surface area (Å²) in [4.78, 5) is 4.79. The Morgan fingerprint density at radius 3 is 2.30 bits per heavy atom. The Morgan fingerprint density at radius 2 is 1.52 bits per heavy atom. The average Bonchev–Trinajstić information content (AvgIpc) is 3.60. The van der Waals surface area contributed by atoms with E-state index in [1.165, 1.54) is 4.70 Å². The van der Waals surface area contributed by atoms with Gasteiger partial charge in [-0.2, -0.15) is 0 Å². The number of methoxy groups -OCH3 is 2. The largest absolute Gasteiger partial charge is 0.493 e. The standard InChI is InChI=1S/C31H26N4O3S2/c1-36-26-17-12-21(18-27(26)37-2)19-29-33-34-31(39-20-30-32-25-10-6-7-11-28(25)40-30)35(29)22-13-15-24(16-14-22)38-23-8-4-3-5-9-23/h3-18H,19-20H2,1-2H3. The Balaban J connectivity index is 1.31. The molecule has 0 aliphatic carbocycles. The summed E-state index contributed by atoms with van der Waals surface area (Å²) >= 11 is 3.33. The van der Waals surface area contributed by atoms with Crippen molar-refractivity contribution in [2.24, 2.45) is 0 Å². The van der Waals surface area contributed by atoms with Crippen molar-refractivity contribution in [3.63, 3.8) is 0 Å². The van der Waals surface area contributed by atoms with Gasteiger partial charge in [-0.3, -0.25) is 4.57 Å². The fourth-order valence-corrected chi connectivity index (χ4v) is 6.27. The van der Waals surface area contributed by atoms with E-state index in [2.05, 4.69) is 20.8 Å². The van der Waals surface area contributed by atoms with Gasteiger partial charge in [0, 0.05) is 12.1 Å². The van der Waals surface area contributed by atoms with E-state index in [9.17, 15) is 0 Å². The molecule has 4 aromatic carbocycles. The molecule has 6 rings (SSSR count). The van der Waals surface area contributed by atoms with Crippen molar-refractivity contribution < 1.29 is 14.2 Å². The predicted molar refractivity (Wildman–Crippen MR) is 159 cm³/mol. The van der Waals surface area contributed by atoms with E-state index < -0.39 is 0 Å². The van der Waals surface area contributed by atoms with Gasteiger partial charge in [-0.05, 0) is 66.2 Å². The third-order valence-corrected chi connectivity index (χ3v) is 8.41. The lowest BCUT2D eigenvalue weighted by molar-refractivity contribution is 0.354. The quantitative estimate of drug-likeness (QED) is 0.158. The molecule has 9 heteroatoms. The number of thiazole rings is 1. The van der Waals surface area contributed by atoms with Crippen LogP contribution in [0.25, 0.3) is 15.9 Å². The molecule has 2 aromatic heterocycles. The minimum Gasteiger partial charge on any atom is -0.493 e. The highest BCUT2D eigenvalue weighted by Gasteiger charge is 2.17. The van der Waals surface area contributed by atoms with E-state index in [0.717, 1.165) is 44.3 Å². The van der Waals surface area contributed by atoms with E-state index in [0.29, 0.717) is 23.7 Å². The number of thioether (sulfide) groups is 1. The molecule has 0 saturated heterocycles. The maximum absolute atomic E-state index is 6.01. The Labute approximate surface area is 240 Å². The smallest absolute Gasteiger partial charge is 0.196 e. The van der Waals surface area contributed by atoms with Crippen LogP contribution in [0.5, 0.6) is 23.0 Å². The molecule has 40 heavy (non-hydrogen) atoms. The molecule has 0 aliphatic rings. The zero-order valence-corrected chi connectivity index (χ0v) is 23.6. The lowest BCUT2D eigenvalue weighted by Gasteiger charge is -2.13. The van der Waals surface area contributed by atoms with Crippen LogP contribution in [-0.2, 0) is 12.2 Å². The number of para-hydroxylation sites is 2. The number of rotatable bonds is 10. The molecule has 0 saturated carbocycles. The second-order valence-corrected chi connectivity index (χ2v) is 10.9. The van der Waals surface area contributed by atoms with Crippen molar-refractivity contribution in [1.82, 2.24) is 19.7 Å². The third-order valence-electron chi connectivity index (χ3n) is 6.25. The molecular weight excluding hydrogens is 541 g/mol. The summed E-state index contributed by atoms with van der Waals surface area (Å²) in [6.07, 6.45) is 0.567. The van der Waals surface area contributed by atoms with E-state index >= 15 is 0 Å². The summed E-state index contributed by atoms with van der Waals surface area (Å²) in [5.41, 5.74) is 3.01. The topological polar surface area (TPSA) is 71.3 Å². The van der Waals surface area contributed by atoms with E-state index in [4.69, 9.17) is 19.2 Å². The predicted octanol–water partition coefficient (Wildman–Crippen LogP) is 7.57. The van der Waals surface area contributed by atoms with Crippen molar-refractivity contribution in [3.8, 4) is 28.7 Å². The van der Waals surface area contributed by atoms with Crippen LogP contribution in [0.15, 0.2) is 102 Å². The van der Waals surface area contributed by atoms with Gasteiger partial charge in [-0.1, -0.05) is 48.2 Å². The summed E-state index contributed by atoms with van der Waals surface area (Å²) in [5.74, 6) is 4.43. The van der Waals surface area contributed by atoms with E-state index in [1.54, 1.807) is 37.3 Å². The fraction of sp³-hybridized carbons (Fsp3) is 0.129. The summed E-state index contributed by atoms with van der Waals surface area (Å²) in [7, 11) is 3.27. The van der Waals surface area contributed by atoms with Crippen LogP contribution < -0.4 is 14.2 Å². The molecule has 0 fully saturated rings. The third kappa shape index (κ3) is 5.66. The monoisotopic (exact) mass is 566 g/mol. The highest BCUT2D eigenvalue weighted by molar-refractivity contribution is 7.98. The molecule has 0 N–H and O–H groups in total. The van der Waals surface area contributed by atoms with Gasteiger partial charge in [0.05, 0.1) is 30.2 Å². The zero-order chi connectivity index (χ0) is 27.3. The first kappa shape index (κ1) is 25.9. The summed E-state index contributed by atoms with van der Waals surface area (Å²) < 4.78 is 20.2. The van der Waals surface area contributed by atoms with Crippen LogP contribution >= 0.6 is 23.1 Å². The van der Waals surface area contributed by atoms with Gasteiger partial charge < -0.3 is 14.2 Å². The van der Waals surface area contributed by atoms with Gasteiger partial charge in [0.1, 0.15) is 22.3 Å². The maximum atomic E-state index is 6.01.